The largest absolute Gasteiger partial charge is 0.468 e. The number of methoxy groups -OCH3 is 1. The highest BCUT2D eigenvalue weighted by molar-refractivity contribution is 6.17. The number of rotatable bonds is 5. The van der Waals surface area contributed by atoms with Gasteiger partial charge in [-0.05, 0) is 30.5 Å². The van der Waals surface area contributed by atoms with Crippen molar-refractivity contribution < 1.29 is 19.2 Å². The molecule has 0 radical (unpaired) electrons. The molecule has 0 amide bonds. The molecule has 6 heteroatoms. The van der Waals surface area contributed by atoms with Gasteiger partial charge in [-0.1, -0.05) is 48.0 Å². The Morgan fingerprint density at radius 1 is 1.27 bits per heavy atom. The molecule has 0 unspecified atom stereocenters. The first-order valence-electron chi connectivity index (χ1n) is 8.29. The van der Waals surface area contributed by atoms with E-state index in [0.717, 1.165) is 11.1 Å². The SMILES string of the molecule is COC(=O)[C@@]1([C@@H](C[N+](=O)[O-])c2ccccc2)Cc2ccc(C)cc2C1=O. The lowest BCUT2D eigenvalue weighted by atomic mass is 9.69. The van der Waals surface area contributed by atoms with Crippen molar-refractivity contribution in [2.24, 2.45) is 5.41 Å². The topological polar surface area (TPSA) is 86.5 Å². The number of nitro groups is 1. The summed E-state index contributed by atoms with van der Waals surface area (Å²) in [5.74, 6) is -2.04. The van der Waals surface area contributed by atoms with Gasteiger partial charge in [0.1, 0.15) is 5.41 Å². The Balaban J connectivity index is 2.20. The first kappa shape index (κ1) is 17.8. The van der Waals surface area contributed by atoms with Crippen molar-refractivity contribution in [1.82, 2.24) is 0 Å². The number of hydrogen-bond donors (Lipinski definition) is 0. The zero-order valence-corrected chi connectivity index (χ0v) is 14.6. The van der Waals surface area contributed by atoms with Gasteiger partial charge in [0.05, 0.1) is 13.0 Å². The summed E-state index contributed by atoms with van der Waals surface area (Å²) in [6, 6.07) is 14.1. The lowest BCUT2D eigenvalue weighted by Crippen LogP contribution is -2.46. The first-order valence-corrected chi connectivity index (χ1v) is 8.29. The smallest absolute Gasteiger partial charge is 0.320 e. The third-order valence-corrected chi connectivity index (χ3v) is 5.06. The van der Waals surface area contributed by atoms with Crippen LogP contribution in [-0.2, 0) is 16.0 Å². The number of carbonyl (C=O) groups is 2. The molecule has 0 saturated carbocycles. The van der Waals surface area contributed by atoms with Crippen molar-refractivity contribution in [3.8, 4) is 0 Å². The highest BCUT2D eigenvalue weighted by Gasteiger charge is 2.59. The fourth-order valence-electron chi connectivity index (χ4n) is 3.83. The van der Waals surface area contributed by atoms with Crippen LogP contribution in [-0.4, -0.2) is 30.3 Å². The third-order valence-electron chi connectivity index (χ3n) is 5.06. The second-order valence-electron chi connectivity index (χ2n) is 6.61. The molecule has 1 aliphatic rings. The minimum atomic E-state index is -1.63. The highest BCUT2D eigenvalue weighted by atomic mass is 16.6. The number of esters is 1. The van der Waals surface area contributed by atoms with Crippen molar-refractivity contribution in [2.45, 2.75) is 19.3 Å². The molecule has 0 N–H and O–H groups in total. The van der Waals surface area contributed by atoms with Crippen LogP contribution in [0.15, 0.2) is 48.5 Å². The van der Waals surface area contributed by atoms with Crippen LogP contribution in [0.3, 0.4) is 0 Å². The van der Waals surface area contributed by atoms with Gasteiger partial charge in [0.15, 0.2) is 5.78 Å². The van der Waals surface area contributed by atoms with E-state index in [1.54, 1.807) is 36.4 Å². The van der Waals surface area contributed by atoms with Gasteiger partial charge in [0.2, 0.25) is 6.54 Å². The first-order chi connectivity index (χ1) is 12.4. The maximum atomic E-state index is 13.3. The molecule has 0 fully saturated rings. The number of nitrogens with zero attached hydrogens (tertiary/aromatic N) is 1. The summed E-state index contributed by atoms with van der Waals surface area (Å²) < 4.78 is 4.97. The van der Waals surface area contributed by atoms with Crippen LogP contribution in [0.5, 0.6) is 0 Å². The van der Waals surface area contributed by atoms with Gasteiger partial charge in [0, 0.05) is 10.5 Å². The van der Waals surface area contributed by atoms with Gasteiger partial charge in [-0.3, -0.25) is 19.7 Å². The molecule has 0 bridgehead atoms. The predicted molar refractivity (Wildman–Crippen MR) is 94.7 cm³/mol. The Morgan fingerprint density at radius 2 is 1.96 bits per heavy atom. The van der Waals surface area contributed by atoms with E-state index in [2.05, 4.69) is 0 Å². The number of aryl methyl sites for hydroxylation is 1. The van der Waals surface area contributed by atoms with E-state index < -0.39 is 34.6 Å². The van der Waals surface area contributed by atoms with Crippen molar-refractivity contribution in [2.75, 3.05) is 13.7 Å². The van der Waals surface area contributed by atoms with Gasteiger partial charge < -0.3 is 4.74 Å². The number of carbonyl (C=O) groups excluding carboxylic acids is 2. The maximum Gasteiger partial charge on any atom is 0.320 e. The quantitative estimate of drug-likeness (QED) is 0.357. The molecule has 2 aromatic rings. The molecule has 26 heavy (non-hydrogen) atoms. The van der Waals surface area contributed by atoms with Crippen LogP contribution in [0.25, 0.3) is 0 Å². The molecule has 6 nitrogen and oxygen atoms in total. The number of ether oxygens (including phenoxy) is 1. The van der Waals surface area contributed by atoms with Crippen LogP contribution in [0.1, 0.15) is 33.0 Å². The lowest BCUT2D eigenvalue weighted by molar-refractivity contribution is -0.485. The lowest BCUT2D eigenvalue weighted by Gasteiger charge is -2.31. The van der Waals surface area contributed by atoms with Gasteiger partial charge in [0.25, 0.3) is 0 Å². The van der Waals surface area contributed by atoms with E-state index in [-0.39, 0.29) is 6.42 Å². The summed E-state index contributed by atoms with van der Waals surface area (Å²) in [6.45, 7) is 1.33. The van der Waals surface area contributed by atoms with Crippen LogP contribution in [0.2, 0.25) is 0 Å². The van der Waals surface area contributed by atoms with E-state index >= 15 is 0 Å². The highest BCUT2D eigenvalue weighted by Crippen LogP contribution is 2.48. The van der Waals surface area contributed by atoms with Crippen LogP contribution in [0.4, 0.5) is 0 Å². The van der Waals surface area contributed by atoms with Crippen LogP contribution in [0, 0.1) is 22.5 Å². The molecule has 134 valence electrons. The Bertz CT molecular complexity index is 877. The predicted octanol–water partition coefficient (Wildman–Crippen LogP) is 2.95. The third kappa shape index (κ3) is 2.77. The Hall–Kier alpha value is -3.02. The van der Waals surface area contributed by atoms with Crippen molar-refractivity contribution in [3.63, 3.8) is 0 Å². The molecule has 1 aliphatic carbocycles. The second-order valence-corrected chi connectivity index (χ2v) is 6.61. The summed E-state index contributed by atoms with van der Waals surface area (Å²) in [5, 5.41) is 11.4. The normalized spacial score (nSPS) is 19.7. The number of Topliss-reactive ketones (excluding diaryl/α,β-unsaturated/α-hetero) is 1. The molecular formula is C20H19NO5. The summed E-state index contributed by atoms with van der Waals surface area (Å²) in [6.07, 6.45) is 0.0987. The van der Waals surface area contributed by atoms with Crippen molar-refractivity contribution in [3.05, 3.63) is 80.9 Å². The summed E-state index contributed by atoms with van der Waals surface area (Å²) in [5.41, 5.74) is 1.00. The Labute approximate surface area is 150 Å². The van der Waals surface area contributed by atoms with E-state index in [1.165, 1.54) is 7.11 Å². The van der Waals surface area contributed by atoms with Gasteiger partial charge in [-0.2, -0.15) is 0 Å². The average molecular weight is 353 g/mol. The van der Waals surface area contributed by atoms with E-state index in [1.807, 2.05) is 19.1 Å². The minimum Gasteiger partial charge on any atom is -0.468 e. The molecule has 0 aliphatic heterocycles. The molecule has 2 atom stereocenters. The summed E-state index contributed by atoms with van der Waals surface area (Å²) in [4.78, 5) is 37.1. The molecule has 0 spiro atoms. The Morgan fingerprint density at radius 3 is 2.58 bits per heavy atom. The van der Waals surface area contributed by atoms with E-state index in [9.17, 15) is 19.7 Å². The van der Waals surface area contributed by atoms with Gasteiger partial charge >= 0.3 is 5.97 Å². The number of benzene rings is 2. The molecule has 3 rings (SSSR count). The second kappa shape index (κ2) is 6.71. The van der Waals surface area contributed by atoms with Crippen molar-refractivity contribution in [1.29, 1.82) is 0 Å². The molecule has 0 aromatic heterocycles. The molecule has 2 aromatic carbocycles. The number of fused-ring (bicyclic) bond motifs is 1. The summed E-state index contributed by atoms with van der Waals surface area (Å²) >= 11 is 0. The number of ketones is 1. The van der Waals surface area contributed by atoms with E-state index in [0.29, 0.717) is 11.1 Å². The standard InChI is InChI=1S/C20H19NO5/c1-13-8-9-15-11-20(19(23)26-2,18(22)16(15)10-13)17(12-21(24)25)14-6-4-3-5-7-14/h3-10,17H,11-12H2,1-2H3/t17-,20+/m0/s1. The zero-order chi connectivity index (χ0) is 18.9. The number of hydrogen-bond acceptors (Lipinski definition) is 5. The molecule has 0 saturated heterocycles. The monoisotopic (exact) mass is 353 g/mol. The van der Waals surface area contributed by atoms with Crippen molar-refractivity contribution >= 4 is 11.8 Å². The average Bonchev–Trinajstić information content (AvgIpc) is 2.93. The summed E-state index contributed by atoms with van der Waals surface area (Å²) in [7, 11) is 1.21. The van der Waals surface area contributed by atoms with Gasteiger partial charge in [-0.25, -0.2) is 0 Å². The fourth-order valence-corrected chi connectivity index (χ4v) is 3.83. The van der Waals surface area contributed by atoms with Gasteiger partial charge in [-0.15, -0.1) is 0 Å². The van der Waals surface area contributed by atoms with Crippen LogP contribution >= 0.6 is 0 Å². The molecule has 0 heterocycles. The van der Waals surface area contributed by atoms with E-state index in [4.69, 9.17) is 4.74 Å². The fraction of sp³-hybridized carbons (Fsp3) is 0.300. The van der Waals surface area contributed by atoms with Crippen LogP contribution < -0.4 is 0 Å². The molecular weight excluding hydrogens is 334 g/mol. The maximum absolute atomic E-state index is 13.3. The zero-order valence-electron chi connectivity index (χ0n) is 14.6. The minimum absolute atomic E-state index is 0.0987. The Kier molecular flexibility index (Phi) is 4.59.